The number of phenolic OH excluding ortho intramolecular Hbond substituents is 1. The van der Waals surface area contributed by atoms with Gasteiger partial charge in [-0.1, -0.05) is 23.4 Å². The van der Waals surface area contributed by atoms with E-state index in [2.05, 4.69) is 5.32 Å². The van der Waals surface area contributed by atoms with Gasteiger partial charge in [0.2, 0.25) is 0 Å². The van der Waals surface area contributed by atoms with E-state index in [1.165, 1.54) is 42.1 Å². The monoisotopic (exact) mass is 431 g/mol. The van der Waals surface area contributed by atoms with Gasteiger partial charge in [-0.15, -0.1) is 0 Å². The van der Waals surface area contributed by atoms with Crippen LogP contribution < -0.4 is 5.32 Å². The van der Waals surface area contributed by atoms with Gasteiger partial charge in [0.05, 0.1) is 9.85 Å². The standard InChI is InChI=1S/C19H14ClN3O5S/c20-13-1-5-16(6-2-13)29-19-8-4-15(22(25)26)9-12(19)11-21-14-3-7-18(24)17(10-14)23(27)28/h1-10,21,24H,11H2. The Hall–Kier alpha value is -3.30. The van der Waals surface area contributed by atoms with Crippen LogP contribution in [0, 0.1) is 20.2 Å². The van der Waals surface area contributed by atoms with E-state index in [0.717, 1.165) is 9.79 Å². The van der Waals surface area contributed by atoms with Crippen LogP contribution >= 0.6 is 23.4 Å². The average Bonchev–Trinajstić information content (AvgIpc) is 2.69. The summed E-state index contributed by atoms with van der Waals surface area (Å²) < 4.78 is 0. The predicted octanol–water partition coefficient (Wildman–Crippen LogP) is 5.63. The van der Waals surface area contributed by atoms with Crippen LogP contribution in [0.15, 0.2) is 70.5 Å². The van der Waals surface area contributed by atoms with Crippen molar-refractivity contribution in [2.45, 2.75) is 16.3 Å². The fourth-order valence-corrected chi connectivity index (χ4v) is 3.57. The number of nitrogens with zero attached hydrogens (tertiary/aromatic N) is 2. The Kier molecular flexibility index (Phi) is 6.20. The maximum Gasteiger partial charge on any atom is 0.312 e. The zero-order valence-electron chi connectivity index (χ0n) is 14.7. The molecule has 0 atom stereocenters. The lowest BCUT2D eigenvalue weighted by atomic mass is 10.2. The Morgan fingerprint density at radius 3 is 2.34 bits per heavy atom. The quantitative estimate of drug-likeness (QED) is 0.283. The molecule has 148 valence electrons. The molecule has 0 fully saturated rings. The van der Waals surface area contributed by atoms with Crippen LogP contribution in [0.4, 0.5) is 17.1 Å². The van der Waals surface area contributed by atoms with Crippen molar-refractivity contribution in [2.24, 2.45) is 0 Å². The van der Waals surface area contributed by atoms with Crippen molar-refractivity contribution in [3.8, 4) is 5.75 Å². The van der Waals surface area contributed by atoms with Crippen LogP contribution in [0.3, 0.4) is 0 Å². The summed E-state index contributed by atoms with van der Waals surface area (Å²) in [5.74, 6) is -0.435. The second kappa shape index (κ2) is 8.80. The van der Waals surface area contributed by atoms with Gasteiger partial charge >= 0.3 is 5.69 Å². The molecule has 3 aromatic carbocycles. The van der Waals surface area contributed by atoms with Crippen LogP contribution in [0.1, 0.15) is 5.56 Å². The van der Waals surface area contributed by atoms with Crippen LogP contribution in [0.2, 0.25) is 5.02 Å². The molecular formula is C19H14ClN3O5S. The van der Waals surface area contributed by atoms with E-state index in [1.807, 2.05) is 12.1 Å². The van der Waals surface area contributed by atoms with E-state index in [4.69, 9.17) is 11.6 Å². The molecule has 0 aliphatic rings. The summed E-state index contributed by atoms with van der Waals surface area (Å²) in [5.41, 5.74) is 0.571. The Morgan fingerprint density at radius 2 is 1.69 bits per heavy atom. The normalized spacial score (nSPS) is 10.5. The van der Waals surface area contributed by atoms with Crippen LogP contribution in [0.5, 0.6) is 5.75 Å². The highest BCUT2D eigenvalue weighted by Crippen LogP contribution is 2.34. The van der Waals surface area contributed by atoms with Gasteiger partial charge in [-0.05, 0) is 48.0 Å². The van der Waals surface area contributed by atoms with Gasteiger partial charge in [0, 0.05) is 45.2 Å². The molecule has 8 nitrogen and oxygen atoms in total. The summed E-state index contributed by atoms with van der Waals surface area (Å²) in [6.45, 7) is 0.194. The number of anilines is 1. The van der Waals surface area contributed by atoms with Crippen molar-refractivity contribution in [3.63, 3.8) is 0 Å². The number of nitrogens with one attached hydrogen (secondary N) is 1. The van der Waals surface area contributed by atoms with Crippen LogP contribution in [-0.2, 0) is 6.54 Å². The van der Waals surface area contributed by atoms with Gasteiger partial charge in [-0.3, -0.25) is 20.2 Å². The minimum Gasteiger partial charge on any atom is -0.502 e. The van der Waals surface area contributed by atoms with E-state index >= 15 is 0 Å². The van der Waals surface area contributed by atoms with Crippen LogP contribution in [-0.4, -0.2) is 15.0 Å². The van der Waals surface area contributed by atoms with Gasteiger partial charge in [-0.2, -0.15) is 0 Å². The molecule has 0 spiro atoms. The fraction of sp³-hybridized carbons (Fsp3) is 0.0526. The molecule has 3 rings (SSSR count). The largest absolute Gasteiger partial charge is 0.502 e. The predicted molar refractivity (Wildman–Crippen MR) is 111 cm³/mol. The molecule has 29 heavy (non-hydrogen) atoms. The highest BCUT2D eigenvalue weighted by molar-refractivity contribution is 7.99. The topological polar surface area (TPSA) is 119 Å². The minimum absolute atomic E-state index is 0.0565. The maximum absolute atomic E-state index is 11.2. The number of aromatic hydroxyl groups is 1. The first-order valence-electron chi connectivity index (χ1n) is 8.25. The molecule has 0 aromatic heterocycles. The summed E-state index contributed by atoms with van der Waals surface area (Å²) in [6.07, 6.45) is 0. The molecule has 0 amide bonds. The number of phenols is 1. The minimum atomic E-state index is -0.685. The molecule has 3 aromatic rings. The molecule has 0 unspecified atom stereocenters. The number of halogens is 1. The first-order chi connectivity index (χ1) is 13.8. The summed E-state index contributed by atoms with van der Waals surface area (Å²) in [5, 5.41) is 35.3. The van der Waals surface area contributed by atoms with E-state index in [1.54, 1.807) is 18.2 Å². The van der Waals surface area contributed by atoms with Gasteiger partial charge < -0.3 is 10.4 Å². The molecule has 0 aliphatic heterocycles. The molecule has 0 radical (unpaired) electrons. The number of non-ortho nitro benzene ring substituents is 1. The molecule has 2 N–H and O–H groups in total. The van der Waals surface area contributed by atoms with Crippen molar-refractivity contribution >= 4 is 40.4 Å². The molecular weight excluding hydrogens is 418 g/mol. The van der Waals surface area contributed by atoms with Crippen molar-refractivity contribution in [1.82, 2.24) is 0 Å². The number of hydrogen-bond acceptors (Lipinski definition) is 7. The summed E-state index contributed by atoms with van der Waals surface area (Å²) in [7, 11) is 0. The molecule has 0 saturated heterocycles. The average molecular weight is 432 g/mol. The number of nitro benzene ring substituents is 2. The Labute approximate surface area is 174 Å². The third kappa shape index (κ3) is 5.15. The smallest absolute Gasteiger partial charge is 0.312 e. The number of benzene rings is 3. The lowest BCUT2D eigenvalue weighted by Gasteiger charge is -2.12. The fourth-order valence-electron chi connectivity index (χ4n) is 2.52. The number of hydrogen-bond donors (Lipinski definition) is 2. The third-order valence-electron chi connectivity index (χ3n) is 3.95. The van der Waals surface area contributed by atoms with Gasteiger partial charge in [0.1, 0.15) is 0 Å². The van der Waals surface area contributed by atoms with Gasteiger partial charge in [-0.25, -0.2) is 0 Å². The molecule has 0 aliphatic carbocycles. The van der Waals surface area contributed by atoms with E-state index < -0.39 is 21.3 Å². The Balaban J connectivity index is 1.87. The summed E-state index contributed by atoms with van der Waals surface area (Å²) in [4.78, 5) is 22.7. The van der Waals surface area contributed by atoms with Crippen molar-refractivity contribution in [3.05, 3.63) is 91.5 Å². The zero-order chi connectivity index (χ0) is 21.0. The molecule has 0 heterocycles. The van der Waals surface area contributed by atoms with Crippen molar-refractivity contribution in [2.75, 3.05) is 5.32 Å². The third-order valence-corrected chi connectivity index (χ3v) is 5.33. The van der Waals surface area contributed by atoms with Crippen molar-refractivity contribution in [1.29, 1.82) is 0 Å². The second-order valence-electron chi connectivity index (χ2n) is 5.92. The summed E-state index contributed by atoms with van der Waals surface area (Å²) >= 11 is 7.32. The lowest BCUT2D eigenvalue weighted by molar-refractivity contribution is -0.385. The molecule has 0 saturated carbocycles. The van der Waals surface area contributed by atoms with Gasteiger partial charge in [0.25, 0.3) is 5.69 Å². The Bertz CT molecular complexity index is 1080. The zero-order valence-corrected chi connectivity index (χ0v) is 16.3. The number of nitro groups is 2. The lowest BCUT2D eigenvalue weighted by Crippen LogP contribution is -2.02. The van der Waals surface area contributed by atoms with Crippen molar-refractivity contribution < 1.29 is 15.0 Å². The van der Waals surface area contributed by atoms with Gasteiger partial charge in [0.15, 0.2) is 5.75 Å². The first-order valence-corrected chi connectivity index (χ1v) is 9.45. The van der Waals surface area contributed by atoms with E-state index in [9.17, 15) is 25.3 Å². The van der Waals surface area contributed by atoms with E-state index in [0.29, 0.717) is 16.3 Å². The summed E-state index contributed by atoms with van der Waals surface area (Å²) in [6, 6.07) is 15.7. The highest BCUT2D eigenvalue weighted by Gasteiger charge is 2.15. The molecule has 0 bridgehead atoms. The second-order valence-corrected chi connectivity index (χ2v) is 7.47. The first kappa shape index (κ1) is 20.4. The maximum atomic E-state index is 11.2. The Morgan fingerprint density at radius 1 is 0.966 bits per heavy atom. The van der Waals surface area contributed by atoms with Crippen LogP contribution in [0.25, 0.3) is 0 Å². The molecule has 10 heteroatoms. The number of rotatable bonds is 7. The SMILES string of the molecule is O=[N+]([O-])c1ccc(Sc2ccc(Cl)cc2)c(CNc2ccc(O)c([N+](=O)[O-])c2)c1. The highest BCUT2D eigenvalue weighted by atomic mass is 35.5. The van der Waals surface area contributed by atoms with E-state index in [-0.39, 0.29) is 12.2 Å².